The van der Waals surface area contributed by atoms with Gasteiger partial charge < -0.3 is 9.64 Å². The van der Waals surface area contributed by atoms with Gasteiger partial charge in [-0.1, -0.05) is 19.3 Å². The van der Waals surface area contributed by atoms with Gasteiger partial charge in [0.05, 0.1) is 34.9 Å². The molecule has 5 rings (SSSR count). The Labute approximate surface area is 243 Å². The average molecular weight is 613 g/mol. The molecule has 2 atom stereocenters. The fourth-order valence-electron chi connectivity index (χ4n) is 5.83. The van der Waals surface area contributed by atoms with Crippen molar-refractivity contribution >= 4 is 23.2 Å². The molecule has 1 aliphatic carbocycles. The molecule has 3 heterocycles. The second kappa shape index (κ2) is 11.7. The van der Waals surface area contributed by atoms with Gasteiger partial charge >= 0.3 is 18.4 Å². The number of nitrogens with zero attached hydrogens (tertiary/aromatic N) is 4. The number of pyridine rings is 1. The maximum absolute atomic E-state index is 13.5. The van der Waals surface area contributed by atoms with Crippen LogP contribution < -0.4 is 4.90 Å². The van der Waals surface area contributed by atoms with Crippen LogP contribution in [0.5, 0.6) is 0 Å². The van der Waals surface area contributed by atoms with Crippen molar-refractivity contribution in [1.82, 2.24) is 14.9 Å². The van der Waals surface area contributed by atoms with Crippen LogP contribution in [-0.2, 0) is 23.6 Å². The van der Waals surface area contributed by atoms with Crippen molar-refractivity contribution in [3.63, 3.8) is 0 Å². The van der Waals surface area contributed by atoms with Crippen LogP contribution >= 0.6 is 11.3 Å². The highest BCUT2D eigenvalue weighted by atomic mass is 32.1. The van der Waals surface area contributed by atoms with Gasteiger partial charge in [0, 0.05) is 35.3 Å². The topological polar surface area (TPSA) is 58.6 Å². The van der Waals surface area contributed by atoms with Crippen LogP contribution in [0.1, 0.15) is 74.3 Å². The zero-order valence-corrected chi connectivity index (χ0v) is 23.8. The van der Waals surface area contributed by atoms with E-state index in [0.29, 0.717) is 35.8 Å². The van der Waals surface area contributed by atoms with E-state index in [9.17, 15) is 31.1 Å². The van der Waals surface area contributed by atoms with Crippen molar-refractivity contribution in [2.45, 2.75) is 83.0 Å². The van der Waals surface area contributed by atoms with Crippen LogP contribution in [0.3, 0.4) is 0 Å². The molecule has 0 spiro atoms. The number of amides is 1. The predicted octanol–water partition coefficient (Wildman–Crippen LogP) is 8.48. The van der Waals surface area contributed by atoms with E-state index in [4.69, 9.17) is 9.72 Å². The van der Waals surface area contributed by atoms with E-state index >= 15 is 0 Å². The molecule has 42 heavy (non-hydrogen) atoms. The second-order valence-electron chi connectivity index (χ2n) is 10.7. The maximum atomic E-state index is 13.5. The van der Waals surface area contributed by atoms with Gasteiger partial charge in [-0.3, -0.25) is 4.90 Å². The van der Waals surface area contributed by atoms with Gasteiger partial charge in [0.2, 0.25) is 0 Å². The van der Waals surface area contributed by atoms with Gasteiger partial charge in [-0.15, -0.1) is 11.3 Å². The van der Waals surface area contributed by atoms with Crippen LogP contribution in [-0.4, -0.2) is 39.6 Å². The van der Waals surface area contributed by atoms with E-state index in [1.165, 1.54) is 22.7 Å². The minimum absolute atomic E-state index is 0.00508. The highest BCUT2D eigenvalue weighted by Crippen LogP contribution is 2.42. The highest BCUT2D eigenvalue weighted by molar-refractivity contribution is 7.07. The van der Waals surface area contributed by atoms with Crippen molar-refractivity contribution < 1.29 is 35.9 Å². The first kappa shape index (κ1) is 30.1. The number of hydrogen-bond donors (Lipinski definition) is 0. The van der Waals surface area contributed by atoms with Gasteiger partial charge in [-0.2, -0.15) is 26.3 Å². The minimum Gasteiger partial charge on any atom is -0.439 e. The molecule has 0 N–H and O–H groups in total. The van der Waals surface area contributed by atoms with Gasteiger partial charge in [0.15, 0.2) is 0 Å². The average Bonchev–Trinajstić information content (AvgIpc) is 3.58. The predicted molar refractivity (Wildman–Crippen MR) is 146 cm³/mol. The molecule has 0 radical (unpaired) electrons. The molecule has 3 aromatic rings. The Morgan fingerprint density at radius 2 is 1.67 bits per heavy atom. The zero-order valence-electron chi connectivity index (χ0n) is 23.0. The molecule has 1 unspecified atom stereocenters. The third-order valence-corrected chi connectivity index (χ3v) is 8.56. The molecule has 0 bridgehead atoms. The standard InChI is InChI=1S/C29H30F6N4O2S/c1-3-38(23-7-5-4-6-8-23)26-20(9-19(13-36-26)24-15-42-16-37-24)14-39-17(2)25(41-27(39)40)18-10-21(28(30,31)32)12-22(11-18)29(33,34)35/h9-13,15-17,23,25H,3-8,14H2,1-2H3/t17-,25?/m0/s1. The summed E-state index contributed by atoms with van der Waals surface area (Å²) in [5, 5.41) is 1.87. The monoisotopic (exact) mass is 612 g/mol. The van der Waals surface area contributed by atoms with E-state index in [1.807, 2.05) is 18.4 Å². The lowest BCUT2D eigenvalue weighted by atomic mass is 9.93. The van der Waals surface area contributed by atoms with Crippen molar-refractivity contribution in [3.05, 3.63) is 63.6 Å². The Balaban J connectivity index is 1.50. The number of anilines is 1. The smallest absolute Gasteiger partial charge is 0.416 e. The first-order chi connectivity index (χ1) is 19.9. The molecule has 1 aliphatic heterocycles. The van der Waals surface area contributed by atoms with Crippen molar-refractivity contribution in [2.24, 2.45) is 0 Å². The molecule has 1 aromatic carbocycles. The van der Waals surface area contributed by atoms with Gasteiger partial charge in [0.1, 0.15) is 11.9 Å². The zero-order chi connectivity index (χ0) is 30.2. The molecule has 6 nitrogen and oxygen atoms in total. The summed E-state index contributed by atoms with van der Waals surface area (Å²) in [5.74, 6) is 0.685. The number of rotatable bonds is 7. The fraction of sp³-hybridized carbons (Fsp3) is 0.483. The van der Waals surface area contributed by atoms with Gasteiger partial charge in [-0.05, 0) is 56.5 Å². The number of carbonyl (C=O) groups is 1. The normalized spacial score (nSPS) is 20.2. The summed E-state index contributed by atoms with van der Waals surface area (Å²) in [6.07, 6.45) is -5.08. The van der Waals surface area contributed by atoms with Crippen molar-refractivity contribution in [3.8, 4) is 11.3 Å². The maximum Gasteiger partial charge on any atom is 0.416 e. The van der Waals surface area contributed by atoms with Crippen LogP contribution in [0.25, 0.3) is 11.3 Å². The molecule has 2 aliphatic rings. The van der Waals surface area contributed by atoms with E-state index in [1.54, 1.807) is 18.6 Å². The number of alkyl halides is 6. The third-order valence-electron chi connectivity index (χ3n) is 7.97. The molecule has 2 fully saturated rings. The molecular weight excluding hydrogens is 582 g/mol. The number of cyclic esters (lactones) is 1. The summed E-state index contributed by atoms with van der Waals surface area (Å²) in [5.41, 5.74) is 0.548. The second-order valence-corrected chi connectivity index (χ2v) is 11.4. The first-order valence-corrected chi connectivity index (χ1v) is 14.7. The Morgan fingerprint density at radius 3 is 2.24 bits per heavy atom. The summed E-state index contributed by atoms with van der Waals surface area (Å²) >= 11 is 1.42. The molecule has 1 saturated carbocycles. The Kier molecular flexibility index (Phi) is 8.41. The van der Waals surface area contributed by atoms with Crippen molar-refractivity contribution in [2.75, 3.05) is 11.4 Å². The first-order valence-electron chi connectivity index (χ1n) is 13.8. The van der Waals surface area contributed by atoms with Crippen LogP contribution in [0, 0.1) is 0 Å². The molecular formula is C29H30F6N4O2S. The number of ether oxygens (including phenoxy) is 1. The van der Waals surface area contributed by atoms with Crippen molar-refractivity contribution in [1.29, 1.82) is 0 Å². The molecule has 1 amide bonds. The molecule has 2 aromatic heterocycles. The quantitative estimate of drug-likeness (QED) is 0.251. The van der Waals surface area contributed by atoms with E-state index < -0.39 is 41.7 Å². The number of halogens is 6. The number of benzene rings is 1. The van der Waals surface area contributed by atoms with Gasteiger partial charge in [-0.25, -0.2) is 14.8 Å². The fourth-order valence-corrected chi connectivity index (χ4v) is 6.39. The molecule has 1 saturated heterocycles. The summed E-state index contributed by atoms with van der Waals surface area (Å²) < 4.78 is 86.6. The van der Waals surface area contributed by atoms with E-state index in [-0.39, 0.29) is 24.2 Å². The Hall–Kier alpha value is -3.35. The summed E-state index contributed by atoms with van der Waals surface area (Å²) in [7, 11) is 0. The number of carbonyl (C=O) groups excluding carboxylic acids is 1. The van der Waals surface area contributed by atoms with E-state index in [0.717, 1.165) is 31.2 Å². The third kappa shape index (κ3) is 6.20. The molecule has 226 valence electrons. The van der Waals surface area contributed by atoms with E-state index in [2.05, 4.69) is 9.88 Å². The number of aromatic nitrogens is 2. The summed E-state index contributed by atoms with van der Waals surface area (Å²) in [6, 6.07) is 2.59. The Morgan fingerprint density at radius 1 is 1.00 bits per heavy atom. The van der Waals surface area contributed by atoms with Gasteiger partial charge in [0.25, 0.3) is 0 Å². The largest absolute Gasteiger partial charge is 0.439 e. The van der Waals surface area contributed by atoms with Crippen LogP contribution in [0.4, 0.5) is 37.0 Å². The van der Waals surface area contributed by atoms with Crippen LogP contribution in [0.15, 0.2) is 41.4 Å². The summed E-state index contributed by atoms with van der Waals surface area (Å²) in [6.45, 7) is 4.27. The SMILES string of the molecule is CCN(c1ncc(-c2cscn2)cc1CN1C(=O)OC(c2cc(C(F)(F)F)cc(C(F)(F)F)c2)[C@@H]1C)C1CCCCC1. The Bertz CT molecular complexity index is 1370. The highest BCUT2D eigenvalue weighted by Gasteiger charge is 2.43. The van der Waals surface area contributed by atoms with Crippen LogP contribution in [0.2, 0.25) is 0 Å². The summed E-state index contributed by atoms with van der Waals surface area (Å²) in [4.78, 5) is 25.8. The lowest BCUT2D eigenvalue weighted by Crippen LogP contribution is -2.39. The lowest BCUT2D eigenvalue weighted by molar-refractivity contribution is -0.143. The number of hydrogen-bond acceptors (Lipinski definition) is 6. The molecule has 13 heteroatoms. The lowest BCUT2D eigenvalue weighted by Gasteiger charge is -2.36. The minimum atomic E-state index is -5.01. The number of thiazole rings is 1.